The van der Waals surface area contributed by atoms with Gasteiger partial charge in [-0.05, 0) is 31.1 Å². The highest BCUT2D eigenvalue weighted by Gasteiger charge is 2.31. The lowest BCUT2D eigenvalue weighted by Crippen LogP contribution is -2.51. The van der Waals surface area contributed by atoms with Crippen LogP contribution in [0.3, 0.4) is 0 Å². The molecule has 2 rings (SSSR count). The summed E-state index contributed by atoms with van der Waals surface area (Å²) in [7, 11) is 0. The van der Waals surface area contributed by atoms with E-state index >= 15 is 0 Å². The lowest BCUT2D eigenvalue weighted by Gasteiger charge is -2.36. The predicted octanol–water partition coefficient (Wildman–Crippen LogP) is 2.12. The summed E-state index contributed by atoms with van der Waals surface area (Å²) in [5, 5.41) is 5.93. The fourth-order valence-electron chi connectivity index (χ4n) is 2.74. The zero-order valence-corrected chi connectivity index (χ0v) is 13.6. The first-order chi connectivity index (χ1) is 9.85. The smallest absolute Gasteiger partial charge is 0.315 e. The van der Waals surface area contributed by atoms with Gasteiger partial charge in [0.2, 0.25) is 5.91 Å². The van der Waals surface area contributed by atoms with Gasteiger partial charge in [-0.25, -0.2) is 4.79 Å². The topological polar surface area (TPSA) is 61.4 Å². The first-order valence-electron chi connectivity index (χ1n) is 8.18. The van der Waals surface area contributed by atoms with Crippen molar-refractivity contribution >= 4 is 11.9 Å². The number of hydrogen-bond donors (Lipinski definition) is 2. The van der Waals surface area contributed by atoms with Crippen LogP contribution in [0.2, 0.25) is 0 Å². The molecule has 120 valence electrons. The molecule has 3 amide bonds. The summed E-state index contributed by atoms with van der Waals surface area (Å²) in [4.78, 5) is 26.0. The average molecular weight is 295 g/mol. The summed E-state index contributed by atoms with van der Waals surface area (Å²) < 4.78 is 0. The van der Waals surface area contributed by atoms with Gasteiger partial charge in [0.05, 0.1) is 0 Å². The van der Waals surface area contributed by atoms with Gasteiger partial charge in [-0.1, -0.05) is 27.2 Å². The van der Waals surface area contributed by atoms with E-state index in [0.29, 0.717) is 12.5 Å². The van der Waals surface area contributed by atoms with Crippen molar-refractivity contribution in [2.24, 2.45) is 11.3 Å². The Labute approximate surface area is 127 Å². The molecule has 21 heavy (non-hydrogen) atoms. The highest BCUT2D eigenvalue weighted by Crippen LogP contribution is 2.29. The van der Waals surface area contributed by atoms with Crippen molar-refractivity contribution < 1.29 is 9.59 Å². The molecule has 5 nitrogen and oxygen atoms in total. The third kappa shape index (κ3) is 4.90. The molecule has 0 aromatic carbocycles. The van der Waals surface area contributed by atoms with Crippen LogP contribution < -0.4 is 10.6 Å². The van der Waals surface area contributed by atoms with Gasteiger partial charge in [-0.3, -0.25) is 4.79 Å². The number of amides is 3. The van der Waals surface area contributed by atoms with Crippen LogP contribution in [0.15, 0.2) is 0 Å². The SMILES string of the molecule is CC(C)(C)CNC(=O)NC1CCN(C(=O)C2CCC2)CC1. The van der Waals surface area contributed by atoms with E-state index in [0.717, 1.165) is 38.8 Å². The van der Waals surface area contributed by atoms with Crippen molar-refractivity contribution in [3.05, 3.63) is 0 Å². The molecule has 2 fully saturated rings. The number of rotatable bonds is 3. The third-order valence-corrected chi connectivity index (χ3v) is 4.38. The number of nitrogens with zero attached hydrogens (tertiary/aromatic N) is 1. The number of likely N-dealkylation sites (tertiary alicyclic amines) is 1. The van der Waals surface area contributed by atoms with E-state index in [-0.39, 0.29) is 23.4 Å². The maximum atomic E-state index is 12.1. The Kier molecular flexibility index (Phi) is 5.12. The van der Waals surface area contributed by atoms with Gasteiger partial charge in [0.1, 0.15) is 0 Å². The van der Waals surface area contributed by atoms with Crippen LogP contribution in [-0.4, -0.2) is 42.5 Å². The van der Waals surface area contributed by atoms with E-state index in [9.17, 15) is 9.59 Å². The molecular formula is C16H29N3O2. The Hall–Kier alpha value is -1.26. The van der Waals surface area contributed by atoms with Crippen LogP contribution in [0.1, 0.15) is 52.9 Å². The minimum atomic E-state index is -0.0892. The molecule has 0 radical (unpaired) electrons. The van der Waals surface area contributed by atoms with Crippen LogP contribution in [0.4, 0.5) is 4.79 Å². The summed E-state index contributed by atoms with van der Waals surface area (Å²) in [5.41, 5.74) is 0.0932. The Morgan fingerprint density at radius 2 is 1.71 bits per heavy atom. The van der Waals surface area contributed by atoms with Gasteiger partial charge in [0, 0.05) is 31.6 Å². The molecule has 0 aromatic heterocycles. The van der Waals surface area contributed by atoms with Crippen molar-refractivity contribution in [2.45, 2.75) is 58.9 Å². The maximum Gasteiger partial charge on any atom is 0.315 e. The van der Waals surface area contributed by atoms with Crippen LogP contribution in [0.25, 0.3) is 0 Å². The summed E-state index contributed by atoms with van der Waals surface area (Å²) in [5.74, 6) is 0.612. The standard InChI is InChI=1S/C16H29N3O2/c1-16(2,3)11-17-15(21)18-13-7-9-19(10-8-13)14(20)12-5-4-6-12/h12-13H,4-11H2,1-3H3,(H2,17,18,21). The lowest BCUT2D eigenvalue weighted by molar-refractivity contribution is -0.139. The average Bonchev–Trinajstić information content (AvgIpc) is 2.34. The molecule has 0 atom stereocenters. The first kappa shape index (κ1) is 16.1. The van der Waals surface area contributed by atoms with E-state index in [2.05, 4.69) is 31.4 Å². The summed E-state index contributed by atoms with van der Waals surface area (Å²) in [6.45, 7) is 8.50. The van der Waals surface area contributed by atoms with Crippen LogP contribution in [-0.2, 0) is 4.79 Å². The number of hydrogen-bond acceptors (Lipinski definition) is 2. The molecule has 5 heteroatoms. The predicted molar refractivity (Wildman–Crippen MR) is 82.9 cm³/mol. The molecule has 2 aliphatic rings. The van der Waals surface area contributed by atoms with Crippen molar-refractivity contribution in [3.8, 4) is 0 Å². The number of carbonyl (C=O) groups is 2. The van der Waals surface area contributed by atoms with Gasteiger partial charge in [-0.2, -0.15) is 0 Å². The number of nitrogens with one attached hydrogen (secondary N) is 2. The molecule has 0 aromatic rings. The van der Waals surface area contributed by atoms with E-state index in [1.807, 2.05) is 4.90 Å². The monoisotopic (exact) mass is 295 g/mol. The molecular weight excluding hydrogens is 266 g/mol. The first-order valence-corrected chi connectivity index (χ1v) is 8.18. The second kappa shape index (κ2) is 6.67. The van der Waals surface area contributed by atoms with Crippen LogP contribution in [0.5, 0.6) is 0 Å². The molecule has 1 saturated heterocycles. The molecule has 0 bridgehead atoms. The quantitative estimate of drug-likeness (QED) is 0.838. The second-order valence-corrected chi connectivity index (χ2v) is 7.62. The number of urea groups is 1. The normalized spacial score (nSPS) is 20.8. The minimum Gasteiger partial charge on any atom is -0.342 e. The number of piperidine rings is 1. The van der Waals surface area contributed by atoms with Crippen molar-refractivity contribution in [1.29, 1.82) is 0 Å². The molecule has 1 aliphatic carbocycles. The Morgan fingerprint density at radius 1 is 1.10 bits per heavy atom. The second-order valence-electron chi connectivity index (χ2n) is 7.62. The van der Waals surface area contributed by atoms with E-state index in [1.54, 1.807) is 0 Å². The van der Waals surface area contributed by atoms with Crippen molar-refractivity contribution in [2.75, 3.05) is 19.6 Å². The van der Waals surface area contributed by atoms with Gasteiger partial charge < -0.3 is 15.5 Å². The van der Waals surface area contributed by atoms with E-state index in [1.165, 1.54) is 6.42 Å². The van der Waals surface area contributed by atoms with Crippen LogP contribution >= 0.6 is 0 Å². The molecule has 2 N–H and O–H groups in total. The minimum absolute atomic E-state index is 0.0892. The Balaban J connectivity index is 1.66. The summed E-state index contributed by atoms with van der Waals surface area (Å²) in [6, 6.07) is 0.101. The van der Waals surface area contributed by atoms with Crippen molar-refractivity contribution in [3.63, 3.8) is 0 Å². The van der Waals surface area contributed by atoms with Gasteiger partial charge in [0.15, 0.2) is 0 Å². The van der Waals surface area contributed by atoms with E-state index < -0.39 is 0 Å². The number of carbonyl (C=O) groups excluding carboxylic acids is 2. The highest BCUT2D eigenvalue weighted by molar-refractivity contribution is 5.79. The molecule has 1 heterocycles. The van der Waals surface area contributed by atoms with Gasteiger partial charge >= 0.3 is 6.03 Å². The highest BCUT2D eigenvalue weighted by atomic mass is 16.2. The lowest BCUT2D eigenvalue weighted by atomic mass is 9.84. The van der Waals surface area contributed by atoms with Crippen LogP contribution in [0, 0.1) is 11.3 Å². The molecule has 0 spiro atoms. The zero-order valence-electron chi connectivity index (χ0n) is 13.6. The molecule has 1 saturated carbocycles. The maximum absolute atomic E-state index is 12.1. The fourth-order valence-corrected chi connectivity index (χ4v) is 2.74. The summed E-state index contributed by atoms with van der Waals surface area (Å²) >= 11 is 0. The van der Waals surface area contributed by atoms with Gasteiger partial charge in [-0.15, -0.1) is 0 Å². The summed E-state index contributed by atoms with van der Waals surface area (Å²) in [6.07, 6.45) is 5.05. The van der Waals surface area contributed by atoms with E-state index in [4.69, 9.17) is 0 Å². The third-order valence-electron chi connectivity index (χ3n) is 4.38. The van der Waals surface area contributed by atoms with Crippen molar-refractivity contribution in [1.82, 2.24) is 15.5 Å². The van der Waals surface area contributed by atoms with Gasteiger partial charge in [0.25, 0.3) is 0 Å². The largest absolute Gasteiger partial charge is 0.342 e. The Bertz CT molecular complexity index is 377. The fraction of sp³-hybridized carbons (Fsp3) is 0.875. The Morgan fingerprint density at radius 3 is 2.19 bits per heavy atom. The molecule has 0 unspecified atom stereocenters. The molecule has 1 aliphatic heterocycles. The zero-order chi connectivity index (χ0) is 15.5.